The Labute approximate surface area is 90.3 Å². The lowest BCUT2D eigenvalue weighted by Crippen LogP contribution is -2.03. The molecule has 78 valence electrons. The van der Waals surface area contributed by atoms with Crippen LogP contribution in [-0.4, -0.2) is 25.4 Å². The summed E-state index contributed by atoms with van der Waals surface area (Å²) in [5, 5.41) is 9.34. The molecule has 0 bridgehead atoms. The van der Waals surface area contributed by atoms with Crippen molar-refractivity contribution in [1.29, 1.82) is 0 Å². The Morgan fingerprint density at radius 2 is 2.40 bits per heavy atom. The lowest BCUT2D eigenvalue weighted by molar-refractivity contribution is 0.0692. The minimum atomic E-state index is -1.11. The summed E-state index contributed by atoms with van der Waals surface area (Å²) < 4.78 is 1.52. The van der Waals surface area contributed by atoms with Crippen molar-refractivity contribution >= 4 is 23.2 Å². The van der Waals surface area contributed by atoms with Crippen molar-refractivity contribution in [3.8, 4) is 0 Å². The molecule has 0 saturated heterocycles. The number of hydrogen-bond donors (Lipinski definition) is 1. The van der Waals surface area contributed by atoms with Gasteiger partial charge in [0.2, 0.25) is 0 Å². The van der Waals surface area contributed by atoms with Crippen LogP contribution in [0.2, 0.25) is 5.15 Å². The Bertz CT molecular complexity index is 535. The third kappa shape index (κ3) is 1.45. The van der Waals surface area contributed by atoms with E-state index >= 15 is 0 Å². The first-order chi connectivity index (χ1) is 7.15. The van der Waals surface area contributed by atoms with E-state index in [1.165, 1.54) is 10.6 Å². The fourth-order valence-corrected chi connectivity index (χ4v) is 1.68. The summed E-state index contributed by atoms with van der Waals surface area (Å²) in [6.07, 6.45) is 3.64. The van der Waals surface area contributed by atoms with E-state index < -0.39 is 5.97 Å². The maximum atomic E-state index is 10.9. The number of aromatic carboxylic acids is 1. The largest absolute Gasteiger partial charge is 0.476 e. The molecule has 0 saturated carbocycles. The van der Waals surface area contributed by atoms with Gasteiger partial charge in [0.15, 0.2) is 11.3 Å². The lowest BCUT2D eigenvalue weighted by atomic mass is 10.4. The van der Waals surface area contributed by atoms with E-state index in [-0.39, 0.29) is 11.3 Å². The standard InChI is InChI=1S/C9H8ClN3O2/c1-2-5-7(10)13-4-3-11-6(9(14)15)8(13)12-5/h3-4H,2H2,1H3,(H,14,15). The molecule has 15 heavy (non-hydrogen) atoms. The number of imidazole rings is 1. The predicted molar refractivity (Wildman–Crippen MR) is 54.3 cm³/mol. The van der Waals surface area contributed by atoms with E-state index in [2.05, 4.69) is 9.97 Å². The first-order valence-electron chi connectivity index (χ1n) is 4.40. The summed E-state index contributed by atoms with van der Waals surface area (Å²) in [4.78, 5) is 18.8. The highest BCUT2D eigenvalue weighted by Crippen LogP contribution is 2.19. The van der Waals surface area contributed by atoms with Crippen LogP contribution in [0.4, 0.5) is 0 Å². The summed E-state index contributed by atoms with van der Waals surface area (Å²) >= 11 is 6.01. The number of carboxylic acid groups (broad SMARTS) is 1. The maximum absolute atomic E-state index is 10.9. The van der Waals surface area contributed by atoms with Crippen LogP contribution in [-0.2, 0) is 6.42 Å². The highest BCUT2D eigenvalue weighted by atomic mass is 35.5. The van der Waals surface area contributed by atoms with Crippen molar-refractivity contribution in [1.82, 2.24) is 14.4 Å². The van der Waals surface area contributed by atoms with Crippen molar-refractivity contribution < 1.29 is 9.90 Å². The molecule has 0 amide bonds. The van der Waals surface area contributed by atoms with E-state index in [9.17, 15) is 4.79 Å². The summed E-state index contributed by atoms with van der Waals surface area (Å²) in [5.74, 6) is -1.11. The number of halogens is 1. The van der Waals surface area contributed by atoms with E-state index in [0.29, 0.717) is 17.3 Å². The zero-order valence-electron chi connectivity index (χ0n) is 7.94. The molecule has 2 heterocycles. The number of carbonyl (C=O) groups is 1. The minimum Gasteiger partial charge on any atom is -0.476 e. The predicted octanol–water partition coefficient (Wildman–Crippen LogP) is 1.64. The van der Waals surface area contributed by atoms with Crippen molar-refractivity contribution in [2.45, 2.75) is 13.3 Å². The average Bonchev–Trinajstić information content (AvgIpc) is 2.55. The number of carboxylic acids is 1. The van der Waals surface area contributed by atoms with E-state index in [0.717, 1.165) is 0 Å². The van der Waals surface area contributed by atoms with Crippen molar-refractivity contribution in [2.24, 2.45) is 0 Å². The van der Waals surface area contributed by atoms with Gasteiger partial charge in [-0.15, -0.1) is 0 Å². The number of fused-ring (bicyclic) bond motifs is 1. The van der Waals surface area contributed by atoms with Crippen molar-refractivity contribution in [3.05, 3.63) is 28.9 Å². The normalized spacial score (nSPS) is 10.8. The summed E-state index contributed by atoms with van der Waals surface area (Å²) in [7, 11) is 0. The Balaban J connectivity index is 2.81. The molecule has 5 nitrogen and oxygen atoms in total. The summed E-state index contributed by atoms with van der Waals surface area (Å²) in [5.41, 5.74) is 0.873. The molecular formula is C9H8ClN3O2. The second-order valence-corrected chi connectivity index (χ2v) is 3.34. The van der Waals surface area contributed by atoms with Crippen molar-refractivity contribution in [2.75, 3.05) is 0 Å². The molecular weight excluding hydrogens is 218 g/mol. The first-order valence-corrected chi connectivity index (χ1v) is 4.77. The topological polar surface area (TPSA) is 67.5 Å². The third-order valence-electron chi connectivity index (χ3n) is 2.09. The van der Waals surface area contributed by atoms with Gasteiger partial charge in [0, 0.05) is 12.4 Å². The molecule has 0 radical (unpaired) electrons. The smallest absolute Gasteiger partial charge is 0.358 e. The molecule has 2 aromatic rings. The van der Waals surface area contributed by atoms with Crippen LogP contribution in [0.1, 0.15) is 23.1 Å². The van der Waals surface area contributed by atoms with Gasteiger partial charge in [-0.3, -0.25) is 4.40 Å². The SMILES string of the molecule is CCc1nc2c(C(=O)O)nccn2c1Cl. The van der Waals surface area contributed by atoms with Gasteiger partial charge in [-0.1, -0.05) is 18.5 Å². The number of rotatable bonds is 2. The van der Waals surface area contributed by atoms with Crippen molar-refractivity contribution in [3.63, 3.8) is 0 Å². The molecule has 0 aromatic carbocycles. The average molecular weight is 226 g/mol. The van der Waals surface area contributed by atoms with E-state index in [1.54, 1.807) is 6.20 Å². The molecule has 0 aliphatic heterocycles. The quantitative estimate of drug-likeness (QED) is 0.844. The minimum absolute atomic E-state index is 0.0842. The second kappa shape index (κ2) is 3.51. The zero-order chi connectivity index (χ0) is 11.0. The van der Waals surface area contributed by atoms with Gasteiger partial charge in [0.05, 0.1) is 5.69 Å². The van der Waals surface area contributed by atoms with Crippen LogP contribution >= 0.6 is 11.6 Å². The highest BCUT2D eigenvalue weighted by Gasteiger charge is 2.16. The van der Waals surface area contributed by atoms with Gasteiger partial charge in [-0.05, 0) is 6.42 Å². The molecule has 0 spiro atoms. The fourth-order valence-electron chi connectivity index (χ4n) is 1.37. The summed E-state index contributed by atoms with van der Waals surface area (Å²) in [6, 6.07) is 0. The zero-order valence-corrected chi connectivity index (χ0v) is 8.69. The second-order valence-electron chi connectivity index (χ2n) is 2.98. The Hall–Kier alpha value is -1.62. The van der Waals surface area contributed by atoms with Crippen LogP contribution < -0.4 is 0 Å². The van der Waals surface area contributed by atoms with Crippen LogP contribution in [0, 0.1) is 0 Å². The van der Waals surface area contributed by atoms with Gasteiger partial charge < -0.3 is 5.11 Å². The van der Waals surface area contributed by atoms with Gasteiger partial charge in [0.1, 0.15) is 5.15 Å². The summed E-state index contributed by atoms with van der Waals surface area (Å²) in [6.45, 7) is 1.90. The lowest BCUT2D eigenvalue weighted by Gasteiger charge is -1.96. The molecule has 0 fully saturated rings. The van der Waals surface area contributed by atoms with Crippen LogP contribution in [0.25, 0.3) is 5.65 Å². The number of hydrogen-bond acceptors (Lipinski definition) is 3. The molecule has 0 aliphatic carbocycles. The number of aryl methyl sites for hydroxylation is 1. The molecule has 0 unspecified atom stereocenters. The molecule has 1 N–H and O–H groups in total. The van der Waals surface area contributed by atoms with Crippen LogP contribution in [0.5, 0.6) is 0 Å². The van der Waals surface area contributed by atoms with Crippen LogP contribution in [0.15, 0.2) is 12.4 Å². The Morgan fingerprint density at radius 3 is 3.00 bits per heavy atom. The fraction of sp³-hybridized carbons (Fsp3) is 0.222. The molecule has 2 rings (SSSR count). The van der Waals surface area contributed by atoms with Gasteiger partial charge in [-0.2, -0.15) is 0 Å². The van der Waals surface area contributed by atoms with Gasteiger partial charge >= 0.3 is 5.97 Å². The number of aromatic nitrogens is 3. The third-order valence-corrected chi connectivity index (χ3v) is 2.49. The highest BCUT2D eigenvalue weighted by molar-refractivity contribution is 6.30. The molecule has 0 atom stereocenters. The molecule has 2 aromatic heterocycles. The van der Waals surface area contributed by atoms with E-state index in [4.69, 9.17) is 16.7 Å². The van der Waals surface area contributed by atoms with Crippen LogP contribution in [0.3, 0.4) is 0 Å². The maximum Gasteiger partial charge on any atom is 0.358 e. The first kappa shape index (κ1) is 9.92. The molecule has 0 aliphatic rings. The van der Waals surface area contributed by atoms with Gasteiger partial charge in [-0.25, -0.2) is 14.8 Å². The van der Waals surface area contributed by atoms with E-state index in [1.807, 2.05) is 6.92 Å². The molecule has 6 heteroatoms. The Kier molecular flexibility index (Phi) is 2.32. The monoisotopic (exact) mass is 225 g/mol. The number of nitrogens with zero attached hydrogens (tertiary/aromatic N) is 3. The van der Waals surface area contributed by atoms with Gasteiger partial charge in [0.25, 0.3) is 0 Å². The Morgan fingerprint density at radius 1 is 1.67 bits per heavy atom.